The maximum Gasteiger partial charge on any atom is 0.227 e. The Morgan fingerprint density at radius 2 is 2.04 bits per heavy atom. The molecule has 1 saturated heterocycles. The Balaban J connectivity index is 1.56. The first kappa shape index (κ1) is 14.0. The average Bonchev–Trinajstić information content (AvgIpc) is 3.23. The minimum absolute atomic E-state index is 0.190. The first-order chi connectivity index (χ1) is 11.3. The molecule has 1 aliphatic rings. The van der Waals surface area contributed by atoms with Gasteiger partial charge in [-0.2, -0.15) is 0 Å². The van der Waals surface area contributed by atoms with Crippen molar-refractivity contribution < 1.29 is 4.79 Å². The molecule has 0 bridgehead atoms. The lowest BCUT2D eigenvalue weighted by Crippen LogP contribution is -2.31. The van der Waals surface area contributed by atoms with Crippen LogP contribution >= 0.6 is 0 Å². The predicted molar refractivity (Wildman–Crippen MR) is 89.9 cm³/mol. The van der Waals surface area contributed by atoms with Crippen molar-refractivity contribution in [1.29, 1.82) is 0 Å². The van der Waals surface area contributed by atoms with Gasteiger partial charge in [-0.05, 0) is 42.2 Å². The first-order valence-corrected chi connectivity index (χ1v) is 8.07. The summed E-state index contributed by atoms with van der Waals surface area (Å²) in [6, 6.07) is 12.3. The number of amides is 1. The van der Waals surface area contributed by atoms with E-state index in [2.05, 4.69) is 16.0 Å². The Kier molecular flexibility index (Phi) is 3.58. The van der Waals surface area contributed by atoms with Crippen LogP contribution in [0.25, 0.3) is 10.9 Å². The fraction of sp³-hybridized carbons (Fsp3) is 0.263. The zero-order valence-electron chi connectivity index (χ0n) is 12.9. The molecular weight excluding hydrogens is 286 g/mol. The maximum atomic E-state index is 12.8. The van der Waals surface area contributed by atoms with Gasteiger partial charge in [0.25, 0.3) is 0 Å². The topological polar surface area (TPSA) is 49.0 Å². The predicted octanol–water partition coefficient (Wildman–Crippen LogP) is 3.47. The Morgan fingerprint density at radius 3 is 2.91 bits per heavy atom. The number of hydrogen-bond acceptors (Lipinski definition) is 2. The number of carbonyl (C=O) groups is 1. The van der Waals surface area contributed by atoms with E-state index in [9.17, 15) is 4.79 Å². The molecule has 1 fully saturated rings. The third-order valence-corrected chi connectivity index (χ3v) is 4.68. The quantitative estimate of drug-likeness (QED) is 0.805. The van der Waals surface area contributed by atoms with E-state index in [1.807, 2.05) is 41.4 Å². The molecule has 1 amide bonds. The van der Waals surface area contributed by atoms with Crippen molar-refractivity contribution in [2.75, 3.05) is 6.54 Å². The second-order valence-corrected chi connectivity index (χ2v) is 6.06. The number of fused-ring (bicyclic) bond motifs is 1. The van der Waals surface area contributed by atoms with Gasteiger partial charge >= 0.3 is 0 Å². The average molecular weight is 305 g/mol. The Hall–Kier alpha value is -2.62. The first-order valence-electron chi connectivity index (χ1n) is 8.07. The standard InChI is InChI=1S/C19H19N3O/c23-19(12-15-13-21-17-5-2-1-4-16(15)17)22-11-3-6-18(22)14-7-9-20-10-8-14/h1-2,4-5,7-10,13,18,21H,3,6,11-12H2/t18-/m0/s1. The summed E-state index contributed by atoms with van der Waals surface area (Å²) in [5, 5.41) is 1.14. The van der Waals surface area contributed by atoms with Crippen molar-refractivity contribution >= 4 is 16.8 Å². The molecule has 1 aromatic carbocycles. The van der Waals surface area contributed by atoms with Crippen LogP contribution in [0.4, 0.5) is 0 Å². The highest BCUT2D eigenvalue weighted by Gasteiger charge is 2.30. The van der Waals surface area contributed by atoms with Crippen molar-refractivity contribution in [2.24, 2.45) is 0 Å². The summed E-state index contributed by atoms with van der Waals surface area (Å²) >= 11 is 0. The lowest BCUT2D eigenvalue weighted by molar-refractivity contribution is -0.131. The van der Waals surface area contributed by atoms with Crippen molar-refractivity contribution in [3.05, 3.63) is 66.1 Å². The summed E-state index contributed by atoms with van der Waals surface area (Å²) in [6.45, 7) is 0.841. The smallest absolute Gasteiger partial charge is 0.227 e. The maximum absolute atomic E-state index is 12.8. The van der Waals surface area contributed by atoms with Crippen LogP contribution in [0.1, 0.15) is 30.0 Å². The molecule has 2 aromatic heterocycles. The molecule has 4 heteroatoms. The monoisotopic (exact) mass is 305 g/mol. The molecule has 4 nitrogen and oxygen atoms in total. The fourth-order valence-electron chi connectivity index (χ4n) is 3.54. The molecule has 3 aromatic rings. The number of rotatable bonds is 3. The number of aromatic amines is 1. The number of nitrogens with zero attached hydrogens (tertiary/aromatic N) is 2. The van der Waals surface area contributed by atoms with Crippen molar-refractivity contribution in [1.82, 2.24) is 14.9 Å². The normalized spacial score (nSPS) is 17.7. The van der Waals surface area contributed by atoms with E-state index >= 15 is 0 Å². The van der Waals surface area contributed by atoms with Crippen LogP contribution < -0.4 is 0 Å². The van der Waals surface area contributed by atoms with Crippen molar-refractivity contribution in [3.8, 4) is 0 Å². The number of benzene rings is 1. The van der Waals surface area contributed by atoms with E-state index < -0.39 is 0 Å². The third kappa shape index (κ3) is 2.61. The molecule has 1 aliphatic heterocycles. The van der Waals surface area contributed by atoms with E-state index in [4.69, 9.17) is 0 Å². The molecule has 4 rings (SSSR count). The second-order valence-electron chi connectivity index (χ2n) is 6.06. The van der Waals surface area contributed by atoms with Gasteiger partial charge in [-0.15, -0.1) is 0 Å². The van der Waals surface area contributed by atoms with Gasteiger partial charge in [0.15, 0.2) is 0 Å². The van der Waals surface area contributed by atoms with Crippen LogP contribution in [-0.2, 0) is 11.2 Å². The largest absolute Gasteiger partial charge is 0.361 e. The molecule has 0 aliphatic carbocycles. The van der Waals surface area contributed by atoms with Crippen LogP contribution in [0.5, 0.6) is 0 Å². The van der Waals surface area contributed by atoms with Crippen LogP contribution in [0.2, 0.25) is 0 Å². The van der Waals surface area contributed by atoms with Crippen molar-refractivity contribution in [2.45, 2.75) is 25.3 Å². The summed E-state index contributed by atoms with van der Waals surface area (Å²) in [6.07, 6.45) is 8.11. The number of likely N-dealkylation sites (tertiary alicyclic amines) is 1. The van der Waals surface area contributed by atoms with Gasteiger partial charge in [0.2, 0.25) is 5.91 Å². The van der Waals surface area contributed by atoms with E-state index in [0.29, 0.717) is 6.42 Å². The number of carbonyl (C=O) groups excluding carboxylic acids is 1. The van der Waals surface area contributed by atoms with Gasteiger partial charge in [-0.25, -0.2) is 0 Å². The summed E-state index contributed by atoms with van der Waals surface area (Å²) in [5.41, 5.74) is 3.35. The molecule has 3 heterocycles. The summed E-state index contributed by atoms with van der Waals surface area (Å²) in [7, 11) is 0. The molecule has 0 spiro atoms. The van der Waals surface area contributed by atoms with E-state index in [-0.39, 0.29) is 11.9 Å². The molecule has 23 heavy (non-hydrogen) atoms. The fourth-order valence-corrected chi connectivity index (χ4v) is 3.54. The van der Waals surface area contributed by atoms with Gasteiger partial charge in [-0.1, -0.05) is 18.2 Å². The van der Waals surface area contributed by atoms with Gasteiger partial charge in [0.05, 0.1) is 12.5 Å². The van der Waals surface area contributed by atoms with Gasteiger partial charge in [0, 0.05) is 36.0 Å². The number of H-pyrrole nitrogens is 1. The highest BCUT2D eigenvalue weighted by molar-refractivity contribution is 5.89. The van der Waals surface area contributed by atoms with E-state index in [0.717, 1.165) is 35.9 Å². The van der Waals surface area contributed by atoms with Crippen molar-refractivity contribution in [3.63, 3.8) is 0 Å². The highest BCUT2D eigenvalue weighted by atomic mass is 16.2. The number of hydrogen-bond donors (Lipinski definition) is 1. The Bertz CT molecular complexity index is 825. The molecule has 0 unspecified atom stereocenters. The molecule has 1 atom stereocenters. The van der Waals surface area contributed by atoms with Crippen LogP contribution in [0.15, 0.2) is 55.0 Å². The molecule has 1 N–H and O–H groups in total. The molecule has 116 valence electrons. The van der Waals surface area contributed by atoms with E-state index in [1.165, 1.54) is 5.56 Å². The zero-order chi connectivity index (χ0) is 15.6. The molecular formula is C19H19N3O. The third-order valence-electron chi connectivity index (χ3n) is 4.68. The number of aromatic nitrogens is 2. The number of para-hydroxylation sites is 1. The van der Waals surface area contributed by atoms with E-state index in [1.54, 1.807) is 12.4 Å². The number of nitrogens with one attached hydrogen (secondary N) is 1. The Labute approximate surface area is 135 Å². The van der Waals surface area contributed by atoms with Gasteiger partial charge in [0.1, 0.15) is 0 Å². The minimum Gasteiger partial charge on any atom is -0.361 e. The molecule has 0 radical (unpaired) electrons. The van der Waals surface area contributed by atoms with Crippen LogP contribution in [-0.4, -0.2) is 27.3 Å². The van der Waals surface area contributed by atoms with Gasteiger partial charge in [-0.3, -0.25) is 9.78 Å². The summed E-state index contributed by atoms with van der Waals surface area (Å²) in [4.78, 5) is 22.2. The zero-order valence-corrected chi connectivity index (χ0v) is 12.9. The SMILES string of the molecule is O=C(Cc1c[nH]c2ccccc12)N1CCC[C@H]1c1ccncc1. The highest BCUT2D eigenvalue weighted by Crippen LogP contribution is 2.32. The summed E-state index contributed by atoms with van der Waals surface area (Å²) in [5.74, 6) is 0.203. The molecule has 0 saturated carbocycles. The van der Waals surface area contributed by atoms with Gasteiger partial charge < -0.3 is 9.88 Å². The van der Waals surface area contributed by atoms with Crippen LogP contribution in [0, 0.1) is 0 Å². The number of pyridine rings is 1. The Morgan fingerprint density at radius 1 is 1.22 bits per heavy atom. The van der Waals surface area contributed by atoms with Crippen LogP contribution in [0.3, 0.4) is 0 Å². The second kappa shape index (κ2) is 5.88. The summed E-state index contributed by atoms with van der Waals surface area (Å²) < 4.78 is 0. The minimum atomic E-state index is 0.190. The lowest BCUT2D eigenvalue weighted by atomic mass is 10.1. The lowest BCUT2D eigenvalue weighted by Gasteiger charge is -2.25.